The standard InChI is InChI=1S/C19H25ClF3N5OS/c1-3-27(4-2)9-6-8-24-18(29)16-15(20)17-25-12(13-7-5-10-30-13)11-14(19(21,22)23)28(17)26-16/h5,7,10,12,14,25H,3-4,6,8-9,11H2,1-2H3,(H,24,29)/p+1/t12-,14+/m1/s1. The smallest absolute Gasteiger partial charge is 0.361 e. The average Bonchev–Trinajstić information content (AvgIpc) is 3.35. The highest BCUT2D eigenvalue weighted by Gasteiger charge is 2.48. The second-order valence-electron chi connectivity index (χ2n) is 7.28. The van der Waals surface area contributed by atoms with Gasteiger partial charge in [0.15, 0.2) is 11.7 Å². The lowest BCUT2D eigenvalue weighted by Crippen LogP contribution is -3.11. The SMILES string of the molecule is CC[NH+](CC)CCCNC(=O)c1nn2c(c1Cl)N[C@@H](c1cccs1)C[C@H]2C(F)(F)F. The molecule has 2 aromatic heterocycles. The molecule has 3 N–H and O–H groups in total. The number of hydrogen-bond acceptors (Lipinski definition) is 4. The number of quaternary nitrogens is 1. The fourth-order valence-corrected chi connectivity index (χ4v) is 4.69. The van der Waals surface area contributed by atoms with Gasteiger partial charge < -0.3 is 15.5 Å². The number of halogens is 4. The Morgan fingerprint density at radius 1 is 1.43 bits per heavy atom. The Morgan fingerprint density at radius 2 is 2.17 bits per heavy atom. The van der Waals surface area contributed by atoms with E-state index in [1.807, 2.05) is 5.38 Å². The average molecular weight is 465 g/mol. The molecule has 0 aromatic carbocycles. The predicted molar refractivity (Wildman–Crippen MR) is 111 cm³/mol. The van der Waals surface area contributed by atoms with Crippen LogP contribution in [0.25, 0.3) is 0 Å². The van der Waals surface area contributed by atoms with Crippen LogP contribution in [0, 0.1) is 0 Å². The molecule has 0 radical (unpaired) electrons. The lowest BCUT2D eigenvalue weighted by Gasteiger charge is -2.32. The molecule has 0 spiro atoms. The maximum absolute atomic E-state index is 13.7. The van der Waals surface area contributed by atoms with Crippen molar-refractivity contribution in [3.63, 3.8) is 0 Å². The molecule has 3 heterocycles. The first kappa shape index (κ1) is 22.9. The van der Waals surface area contributed by atoms with Crippen LogP contribution in [0.3, 0.4) is 0 Å². The van der Waals surface area contributed by atoms with Crippen LogP contribution >= 0.6 is 22.9 Å². The summed E-state index contributed by atoms with van der Waals surface area (Å²) in [6, 6.07) is 1.16. The van der Waals surface area contributed by atoms with Gasteiger partial charge in [0.2, 0.25) is 0 Å². The molecule has 0 unspecified atom stereocenters. The highest BCUT2D eigenvalue weighted by Crippen LogP contribution is 2.46. The number of fused-ring (bicyclic) bond motifs is 1. The van der Waals surface area contributed by atoms with Crippen LogP contribution in [0.5, 0.6) is 0 Å². The summed E-state index contributed by atoms with van der Waals surface area (Å²) < 4.78 is 42.0. The molecule has 0 saturated heterocycles. The molecule has 0 fully saturated rings. The molecule has 166 valence electrons. The minimum atomic E-state index is -4.51. The second kappa shape index (κ2) is 9.57. The number of nitrogens with one attached hydrogen (secondary N) is 3. The molecular weight excluding hydrogens is 439 g/mol. The first-order chi connectivity index (χ1) is 14.3. The molecule has 2 aromatic rings. The molecule has 1 aliphatic rings. The molecule has 30 heavy (non-hydrogen) atoms. The quantitative estimate of drug-likeness (QED) is 0.525. The van der Waals surface area contributed by atoms with Crippen molar-refractivity contribution in [3.8, 4) is 0 Å². The first-order valence-corrected chi connectivity index (χ1v) is 11.3. The summed E-state index contributed by atoms with van der Waals surface area (Å²) in [5.74, 6) is -0.534. The minimum Gasteiger partial charge on any atom is -0.361 e. The van der Waals surface area contributed by atoms with Crippen LogP contribution in [0.15, 0.2) is 17.5 Å². The molecule has 0 saturated carbocycles. The molecule has 11 heteroatoms. The maximum atomic E-state index is 13.7. The van der Waals surface area contributed by atoms with Crippen molar-refractivity contribution in [1.29, 1.82) is 0 Å². The van der Waals surface area contributed by atoms with Crippen LogP contribution < -0.4 is 15.5 Å². The molecule has 1 amide bonds. The Labute approximate surface area is 182 Å². The Bertz CT molecular complexity index is 851. The van der Waals surface area contributed by atoms with Gasteiger partial charge in [-0.05, 0) is 25.3 Å². The van der Waals surface area contributed by atoms with E-state index in [0.717, 1.165) is 35.6 Å². The zero-order chi connectivity index (χ0) is 21.9. The van der Waals surface area contributed by atoms with Gasteiger partial charge in [-0.15, -0.1) is 11.3 Å². The number of carbonyl (C=O) groups is 1. The van der Waals surface area contributed by atoms with Gasteiger partial charge in [0.1, 0.15) is 10.8 Å². The Kier molecular flexibility index (Phi) is 7.30. The van der Waals surface area contributed by atoms with E-state index < -0.39 is 24.2 Å². The van der Waals surface area contributed by atoms with Gasteiger partial charge in [0, 0.05) is 24.3 Å². The summed E-state index contributed by atoms with van der Waals surface area (Å²) in [6.07, 6.45) is -3.97. The second-order valence-corrected chi connectivity index (χ2v) is 8.64. The topological polar surface area (TPSA) is 63.4 Å². The molecule has 0 aliphatic carbocycles. The highest BCUT2D eigenvalue weighted by molar-refractivity contribution is 7.10. The third kappa shape index (κ3) is 4.92. The third-order valence-electron chi connectivity index (χ3n) is 5.39. The fraction of sp³-hybridized carbons (Fsp3) is 0.579. The van der Waals surface area contributed by atoms with Crippen molar-refractivity contribution >= 4 is 34.7 Å². The number of anilines is 1. The fourth-order valence-electron chi connectivity index (χ4n) is 3.64. The van der Waals surface area contributed by atoms with Crippen LogP contribution in [-0.4, -0.2) is 48.0 Å². The molecular formula is C19H26ClF3N5OS+. The summed E-state index contributed by atoms with van der Waals surface area (Å²) in [7, 11) is 0. The van der Waals surface area contributed by atoms with E-state index in [1.54, 1.807) is 12.1 Å². The van der Waals surface area contributed by atoms with Gasteiger partial charge in [-0.25, -0.2) is 4.68 Å². The van der Waals surface area contributed by atoms with Crippen LogP contribution in [0.4, 0.5) is 19.0 Å². The lowest BCUT2D eigenvalue weighted by atomic mass is 10.0. The van der Waals surface area contributed by atoms with Gasteiger partial charge in [-0.3, -0.25) is 4.79 Å². The molecule has 3 rings (SSSR count). The Hall–Kier alpha value is -1.78. The Morgan fingerprint density at radius 3 is 2.77 bits per heavy atom. The number of amides is 1. The van der Waals surface area contributed by atoms with Crippen molar-refractivity contribution in [2.45, 2.75) is 44.9 Å². The zero-order valence-electron chi connectivity index (χ0n) is 16.9. The van der Waals surface area contributed by atoms with E-state index in [9.17, 15) is 18.0 Å². The number of aromatic nitrogens is 2. The normalized spacial score (nSPS) is 18.9. The largest absolute Gasteiger partial charge is 0.410 e. The van der Waals surface area contributed by atoms with E-state index in [4.69, 9.17) is 11.6 Å². The van der Waals surface area contributed by atoms with E-state index in [-0.39, 0.29) is 23.0 Å². The van der Waals surface area contributed by atoms with Crippen LogP contribution in [-0.2, 0) is 0 Å². The highest BCUT2D eigenvalue weighted by atomic mass is 35.5. The number of nitrogens with zero attached hydrogens (tertiary/aromatic N) is 2. The van der Waals surface area contributed by atoms with Gasteiger partial charge in [0.25, 0.3) is 5.91 Å². The summed E-state index contributed by atoms with van der Waals surface area (Å²) >= 11 is 7.68. The van der Waals surface area contributed by atoms with Crippen molar-refractivity contribution in [2.75, 3.05) is 31.5 Å². The molecule has 6 nitrogen and oxygen atoms in total. The maximum Gasteiger partial charge on any atom is 0.410 e. The van der Waals surface area contributed by atoms with Crippen molar-refractivity contribution in [3.05, 3.63) is 33.1 Å². The minimum absolute atomic E-state index is 0.0291. The van der Waals surface area contributed by atoms with Gasteiger partial charge in [-0.1, -0.05) is 17.7 Å². The number of thiophene rings is 1. The van der Waals surface area contributed by atoms with Gasteiger partial charge in [0.05, 0.1) is 25.7 Å². The van der Waals surface area contributed by atoms with E-state index in [1.165, 1.54) is 16.2 Å². The summed E-state index contributed by atoms with van der Waals surface area (Å²) in [6.45, 7) is 7.51. The number of alkyl halides is 3. The van der Waals surface area contributed by atoms with Crippen molar-refractivity contribution in [2.24, 2.45) is 0 Å². The van der Waals surface area contributed by atoms with Crippen LogP contribution in [0.2, 0.25) is 5.02 Å². The van der Waals surface area contributed by atoms with Crippen molar-refractivity contribution in [1.82, 2.24) is 15.1 Å². The predicted octanol–water partition coefficient (Wildman–Crippen LogP) is 3.30. The lowest BCUT2D eigenvalue weighted by molar-refractivity contribution is -0.896. The number of rotatable bonds is 8. The monoisotopic (exact) mass is 464 g/mol. The van der Waals surface area contributed by atoms with Gasteiger partial charge >= 0.3 is 6.18 Å². The van der Waals surface area contributed by atoms with E-state index in [2.05, 4.69) is 29.6 Å². The zero-order valence-corrected chi connectivity index (χ0v) is 18.4. The Balaban J connectivity index is 1.77. The van der Waals surface area contributed by atoms with Gasteiger partial charge in [-0.2, -0.15) is 18.3 Å². The number of hydrogen-bond donors (Lipinski definition) is 3. The first-order valence-electron chi connectivity index (χ1n) is 10.0. The van der Waals surface area contributed by atoms with Crippen molar-refractivity contribution < 1.29 is 22.9 Å². The molecule has 1 aliphatic heterocycles. The summed E-state index contributed by atoms with van der Waals surface area (Å²) in [4.78, 5) is 14.7. The third-order valence-corrected chi connectivity index (χ3v) is 6.73. The number of carbonyl (C=O) groups excluding carboxylic acids is 1. The molecule has 2 atom stereocenters. The van der Waals surface area contributed by atoms with E-state index in [0.29, 0.717) is 6.54 Å². The van der Waals surface area contributed by atoms with Crippen LogP contribution in [0.1, 0.15) is 54.1 Å². The van der Waals surface area contributed by atoms with E-state index >= 15 is 0 Å². The molecule has 0 bridgehead atoms. The summed E-state index contributed by atoms with van der Waals surface area (Å²) in [5, 5.41) is 11.4. The summed E-state index contributed by atoms with van der Waals surface area (Å²) in [5.41, 5.74) is -0.185.